The van der Waals surface area contributed by atoms with Gasteiger partial charge in [0.25, 0.3) is 0 Å². The summed E-state index contributed by atoms with van der Waals surface area (Å²) >= 11 is 2.21. The maximum atomic E-state index is 2.63. The molecule has 4 heterocycles. The van der Waals surface area contributed by atoms with Crippen LogP contribution in [0.5, 0.6) is 0 Å². The van der Waals surface area contributed by atoms with Gasteiger partial charge in [-0.15, -0.1) is 0 Å². The first kappa shape index (κ1) is 19.1. The van der Waals surface area contributed by atoms with Crippen molar-refractivity contribution in [2.45, 2.75) is 6.92 Å². The summed E-state index contributed by atoms with van der Waals surface area (Å²) in [6.07, 6.45) is 0. The van der Waals surface area contributed by atoms with E-state index in [9.17, 15) is 0 Å². The van der Waals surface area contributed by atoms with E-state index in [4.69, 9.17) is 0 Å². The van der Waals surface area contributed by atoms with E-state index >= 15 is 0 Å². The summed E-state index contributed by atoms with van der Waals surface area (Å²) in [5.74, 6) is 0. The van der Waals surface area contributed by atoms with Crippen molar-refractivity contribution < 1.29 is 0 Å². The molecule has 0 spiro atoms. The van der Waals surface area contributed by atoms with Crippen molar-refractivity contribution in [2.75, 3.05) is 9.62 Å². The third-order valence-electron chi connectivity index (χ3n) is 7.07. The van der Waals surface area contributed by atoms with E-state index in [-0.39, 0.29) is 21.5 Å². The quantitative estimate of drug-likeness (QED) is 0.215. The Bertz CT molecular complexity index is 1750. The number of rotatable bonds is 1. The van der Waals surface area contributed by atoms with Crippen LogP contribution in [0.4, 0.5) is 22.1 Å². The van der Waals surface area contributed by atoms with Gasteiger partial charge in [-0.2, -0.15) is 0 Å². The Balaban J connectivity index is 1.53. The molecule has 0 atom stereocenters. The van der Waals surface area contributed by atoms with Crippen LogP contribution in [-0.2, 0) is 0 Å². The van der Waals surface area contributed by atoms with E-state index in [1.807, 2.05) is 11.3 Å². The summed E-state index contributed by atoms with van der Waals surface area (Å²) in [5, 5.41) is 4.13. The molecule has 0 saturated heterocycles. The molecular formula is C29H19BN2SSe. The summed E-state index contributed by atoms with van der Waals surface area (Å²) in [7, 11) is 0. The molecular weight excluding hydrogens is 498 g/mol. The molecule has 6 aromatic rings. The monoisotopic (exact) mass is 518 g/mol. The van der Waals surface area contributed by atoms with Crippen molar-refractivity contribution in [1.82, 2.24) is 0 Å². The number of hydrogen-bond acceptors (Lipinski definition) is 3. The zero-order valence-corrected chi connectivity index (χ0v) is 21.1. The van der Waals surface area contributed by atoms with Crippen LogP contribution < -0.4 is 14.0 Å². The summed E-state index contributed by atoms with van der Waals surface area (Å²) in [6.45, 7) is 2.38. The molecule has 8 rings (SSSR count). The molecule has 5 heteroatoms. The average molecular weight is 517 g/mol. The molecule has 0 unspecified atom stereocenters. The van der Waals surface area contributed by atoms with Gasteiger partial charge in [-0.25, -0.2) is 0 Å². The van der Waals surface area contributed by atoms with Crippen molar-refractivity contribution in [2.24, 2.45) is 0 Å². The molecule has 2 nitrogen and oxygen atoms in total. The van der Waals surface area contributed by atoms with Crippen LogP contribution in [0.1, 0.15) is 5.56 Å². The molecule has 4 aromatic carbocycles. The molecule has 0 amide bonds. The second-order valence-electron chi connectivity index (χ2n) is 9.06. The summed E-state index contributed by atoms with van der Waals surface area (Å²) in [4.78, 5) is 5.24. The molecule has 0 fully saturated rings. The molecule has 0 aliphatic carbocycles. The average Bonchev–Trinajstić information content (AvgIpc) is 3.53. The number of aryl methyl sites for hydroxylation is 1. The maximum absolute atomic E-state index is 2.63. The number of benzene rings is 4. The number of hydrogen-bond donors (Lipinski definition) is 0. The van der Waals surface area contributed by atoms with E-state index < -0.39 is 0 Å². The van der Waals surface area contributed by atoms with Gasteiger partial charge in [0.1, 0.15) is 0 Å². The molecule has 0 radical (unpaired) electrons. The normalized spacial score (nSPS) is 13.9. The molecule has 2 aliphatic heterocycles. The van der Waals surface area contributed by atoms with E-state index in [1.54, 1.807) is 4.34 Å². The van der Waals surface area contributed by atoms with Gasteiger partial charge in [-0.3, -0.25) is 0 Å². The van der Waals surface area contributed by atoms with Crippen LogP contribution in [-0.4, -0.2) is 21.5 Å². The number of anilines is 4. The summed E-state index contributed by atoms with van der Waals surface area (Å²) < 4.78 is 4.42. The summed E-state index contributed by atoms with van der Waals surface area (Å²) in [5.41, 5.74) is 8.11. The Morgan fingerprint density at radius 3 is 2.41 bits per heavy atom. The van der Waals surface area contributed by atoms with Gasteiger partial charge in [0, 0.05) is 0 Å². The Morgan fingerprint density at radius 1 is 0.765 bits per heavy atom. The standard InChI is InChI=1S/C29H19BN2SSe/c1-18-15-16-23-22(17-18)26-21-12-6-8-14-25(21)34-28(26)30-31(19-9-3-2-4-10-19)27-20-11-5-7-13-24(20)33-29(27)32(23)30/h2-17H,1H3. The van der Waals surface area contributed by atoms with Crippen LogP contribution in [0.2, 0.25) is 0 Å². The van der Waals surface area contributed by atoms with Crippen LogP contribution >= 0.6 is 11.3 Å². The second-order valence-corrected chi connectivity index (χ2v) is 12.4. The first-order valence-electron chi connectivity index (χ1n) is 11.6. The van der Waals surface area contributed by atoms with Gasteiger partial charge in [0.2, 0.25) is 0 Å². The predicted molar refractivity (Wildman–Crippen MR) is 149 cm³/mol. The van der Waals surface area contributed by atoms with Gasteiger partial charge in [-0.05, 0) is 0 Å². The molecule has 0 N–H and O–H groups in total. The van der Waals surface area contributed by atoms with Crippen molar-refractivity contribution in [3.63, 3.8) is 0 Å². The SMILES string of the molecule is Cc1ccc2c(c1)-c1c([se]c3ccccc13)B1N2c2sc3ccccc3c2N1c1ccccc1. The van der Waals surface area contributed by atoms with E-state index in [1.165, 1.54) is 58.5 Å². The molecule has 160 valence electrons. The van der Waals surface area contributed by atoms with Gasteiger partial charge in [0.05, 0.1) is 0 Å². The third-order valence-corrected chi connectivity index (χ3v) is 10.8. The van der Waals surface area contributed by atoms with Crippen molar-refractivity contribution in [3.8, 4) is 11.1 Å². The van der Waals surface area contributed by atoms with Crippen LogP contribution in [0.15, 0.2) is 97.1 Å². The fraction of sp³-hybridized carbons (Fsp3) is 0.0345. The Morgan fingerprint density at radius 2 is 1.53 bits per heavy atom. The topological polar surface area (TPSA) is 6.48 Å². The number of para-hydroxylation sites is 1. The third kappa shape index (κ3) is 2.42. The van der Waals surface area contributed by atoms with E-state index in [0.717, 1.165) is 0 Å². The number of fused-ring (bicyclic) bond motifs is 12. The van der Waals surface area contributed by atoms with Crippen LogP contribution in [0.3, 0.4) is 0 Å². The zero-order valence-electron chi connectivity index (χ0n) is 18.5. The van der Waals surface area contributed by atoms with E-state index in [2.05, 4.69) is 114 Å². The predicted octanol–water partition coefficient (Wildman–Crippen LogP) is 7.09. The molecule has 34 heavy (non-hydrogen) atoms. The van der Waals surface area contributed by atoms with Crippen LogP contribution in [0.25, 0.3) is 30.9 Å². The van der Waals surface area contributed by atoms with Crippen molar-refractivity contribution in [1.29, 1.82) is 0 Å². The van der Waals surface area contributed by atoms with Crippen molar-refractivity contribution >= 4 is 79.0 Å². The van der Waals surface area contributed by atoms with Gasteiger partial charge >= 0.3 is 209 Å². The van der Waals surface area contributed by atoms with E-state index in [0.29, 0.717) is 0 Å². The van der Waals surface area contributed by atoms with Crippen LogP contribution in [0, 0.1) is 6.92 Å². The summed E-state index contributed by atoms with van der Waals surface area (Å²) in [6, 6.07) is 35.9. The second kappa shape index (κ2) is 6.89. The minimum absolute atomic E-state index is 0.172. The van der Waals surface area contributed by atoms with Gasteiger partial charge in [-0.1, -0.05) is 0 Å². The van der Waals surface area contributed by atoms with Crippen molar-refractivity contribution in [3.05, 3.63) is 103 Å². The number of thiophene rings is 1. The fourth-order valence-electron chi connectivity index (χ4n) is 5.68. The minimum atomic E-state index is 0.172. The molecule has 2 aromatic heterocycles. The van der Waals surface area contributed by atoms with Gasteiger partial charge in [0.15, 0.2) is 0 Å². The first-order valence-corrected chi connectivity index (χ1v) is 14.1. The van der Waals surface area contributed by atoms with Gasteiger partial charge < -0.3 is 0 Å². The molecule has 0 bridgehead atoms. The zero-order chi connectivity index (χ0) is 22.4. The fourth-order valence-corrected chi connectivity index (χ4v) is 9.64. The Kier molecular flexibility index (Phi) is 3.88. The molecule has 0 saturated carbocycles. The molecule has 2 aliphatic rings. The Labute approximate surface area is 208 Å². The first-order chi connectivity index (χ1) is 16.8. The number of nitrogens with zero attached hydrogens (tertiary/aromatic N) is 2. The Hall–Kier alpha value is -3.24.